The van der Waals surface area contributed by atoms with Crippen LogP contribution in [0.2, 0.25) is 0 Å². The summed E-state index contributed by atoms with van der Waals surface area (Å²) in [5.74, 6) is -0.546. The minimum atomic E-state index is -4.00. The van der Waals surface area contributed by atoms with Crippen LogP contribution < -0.4 is 4.72 Å². The third-order valence-electron chi connectivity index (χ3n) is 2.65. The lowest BCUT2D eigenvalue weighted by Gasteiger charge is -2.03. The fraction of sp³-hybridized carbons (Fsp3) is 0.364. The number of ether oxygens (including phenoxy) is 1. The lowest BCUT2D eigenvalue weighted by atomic mass is 10.6. The molecule has 12 heteroatoms. The van der Waals surface area contributed by atoms with Gasteiger partial charge in [0.15, 0.2) is 0 Å². The summed E-state index contributed by atoms with van der Waals surface area (Å²) in [4.78, 5) is 10.8. The molecule has 0 aromatic carbocycles. The molecule has 2 heterocycles. The van der Waals surface area contributed by atoms with E-state index in [2.05, 4.69) is 19.7 Å². The molecule has 0 bridgehead atoms. The third-order valence-corrected chi connectivity index (χ3v) is 3.99. The normalized spacial score (nSPS) is 11.7. The second-order valence-electron chi connectivity index (χ2n) is 4.40. The van der Waals surface area contributed by atoms with Gasteiger partial charge in [0, 0.05) is 12.4 Å². The molecular formula is C11H13F2N5O4S. The van der Waals surface area contributed by atoms with Crippen LogP contribution in [-0.2, 0) is 32.6 Å². The smallest absolute Gasteiger partial charge is 0.327 e. The third kappa shape index (κ3) is 4.48. The number of nitrogens with one attached hydrogen (secondary N) is 1. The number of sulfonamides is 1. The van der Waals surface area contributed by atoms with Crippen molar-refractivity contribution >= 4 is 21.7 Å². The topological polar surface area (TPSA) is 108 Å². The number of anilines is 1. The average Bonchev–Trinajstić information content (AvgIpc) is 3.07. The van der Waals surface area contributed by atoms with Crippen LogP contribution in [0, 0.1) is 0 Å². The lowest BCUT2D eigenvalue weighted by molar-refractivity contribution is -0.141. The van der Waals surface area contributed by atoms with Gasteiger partial charge < -0.3 is 4.74 Å². The summed E-state index contributed by atoms with van der Waals surface area (Å²) >= 11 is 0. The first-order chi connectivity index (χ1) is 10.8. The first-order valence-electron chi connectivity index (χ1n) is 6.23. The molecule has 1 N–H and O–H groups in total. The summed E-state index contributed by atoms with van der Waals surface area (Å²) in [5.41, 5.74) is 0.107. The van der Waals surface area contributed by atoms with Crippen molar-refractivity contribution in [2.75, 3.05) is 11.8 Å². The molecule has 0 amide bonds. The molecule has 0 unspecified atom stereocenters. The van der Waals surface area contributed by atoms with Crippen LogP contribution in [0.3, 0.4) is 0 Å². The van der Waals surface area contributed by atoms with Gasteiger partial charge in [-0.05, 0) is 0 Å². The number of aromatic nitrogens is 4. The number of alkyl halides is 2. The summed E-state index contributed by atoms with van der Waals surface area (Å²) in [6.45, 7) is -0.878. The number of rotatable bonds is 7. The SMILES string of the molecule is COC(=O)Cn1cc(NS(=O)(=O)c2cnn(CC(F)F)c2)cn1. The van der Waals surface area contributed by atoms with Crippen molar-refractivity contribution in [3.63, 3.8) is 0 Å². The maximum atomic E-state index is 12.2. The van der Waals surface area contributed by atoms with Gasteiger partial charge in [-0.2, -0.15) is 10.2 Å². The Balaban J connectivity index is 2.09. The Kier molecular flexibility index (Phi) is 4.93. The van der Waals surface area contributed by atoms with Crippen LogP contribution in [0.5, 0.6) is 0 Å². The van der Waals surface area contributed by atoms with Crippen molar-refractivity contribution in [1.29, 1.82) is 0 Å². The number of carbonyl (C=O) groups excluding carboxylic acids is 1. The fourth-order valence-electron chi connectivity index (χ4n) is 1.64. The van der Waals surface area contributed by atoms with E-state index in [0.717, 1.165) is 17.1 Å². The average molecular weight is 349 g/mol. The fourth-order valence-corrected chi connectivity index (χ4v) is 2.62. The van der Waals surface area contributed by atoms with Crippen molar-refractivity contribution in [2.24, 2.45) is 0 Å². The van der Waals surface area contributed by atoms with Gasteiger partial charge in [-0.3, -0.25) is 18.9 Å². The Morgan fingerprint density at radius 1 is 1.30 bits per heavy atom. The van der Waals surface area contributed by atoms with Gasteiger partial charge in [-0.1, -0.05) is 0 Å². The lowest BCUT2D eigenvalue weighted by Crippen LogP contribution is -2.13. The van der Waals surface area contributed by atoms with E-state index < -0.39 is 29.0 Å². The predicted molar refractivity (Wildman–Crippen MR) is 73.3 cm³/mol. The molecule has 0 aliphatic carbocycles. The Morgan fingerprint density at radius 2 is 2.00 bits per heavy atom. The van der Waals surface area contributed by atoms with E-state index in [1.54, 1.807) is 0 Å². The first kappa shape index (κ1) is 16.9. The highest BCUT2D eigenvalue weighted by Crippen LogP contribution is 2.15. The van der Waals surface area contributed by atoms with Crippen LogP contribution in [-0.4, -0.2) is 47.5 Å². The standard InChI is InChI=1S/C11H13F2N5O4S/c1-22-11(19)7-17-4-8(2-14-17)16-23(20,21)9-3-15-18(5-9)6-10(12)13/h2-5,10,16H,6-7H2,1H3. The molecule has 0 saturated heterocycles. The summed E-state index contributed by atoms with van der Waals surface area (Å²) in [6.07, 6.45) is 1.80. The van der Waals surface area contributed by atoms with Gasteiger partial charge in [0.1, 0.15) is 18.0 Å². The van der Waals surface area contributed by atoms with Crippen LogP contribution in [0.4, 0.5) is 14.5 Å². The number of hydrogen-bond acceptors (Lipinski definition) is 6. The maximum absolute atomic E-state index is 12.2. The number of halogens is 2. The van der Waals surface area contributed by atoms with E-state index in [4.69, 9.17) is 0 Å². The van der Waals surface area contributed by atoms with Gasteiger partial charge in [0.05, 0.1) is 25.2 Å². The quantitative estimate of drug-likeness (QED) is 0.721. The summed E-state index contributed by atoms with van der Waals surface area (Å²) in [6, 6.07) is 0. The zero-order chi connectivity index (χ0) is 17.0. The van der Waals surface area contributed by atoms with Crippen molar-refractivity contribution in [3.8, 4) is 0 Å². The Labute approximate surface area is 129 Å². The molecule has 2 aromatic heterocycles. The van der Waals surface area contributed by atoms with Gasteiger partial charge in [0.25, 0.3) is 16.4 Å². The zero-order valence-electron chi connectivity index (χ0n) is 11.9. The van der Waals surface area contributed by atoms with Crippen LogP contribution in [0.1, 0.15) is 0 Å². The first-order valence-corrected chi connectivity index (χ1v) is 7.71. The van der Waals surface area contributed by atoms with Crippen molar-refractivity contribution in [1.82, 2.24) is 19.6 Å². The highest BCUT2D eigenvalue weighted by Gasteiger charge is 2.18. The monoisotopic (exact) mass is 349 g/mol. The minimum absolute atomic E-state index is 0.107. The van der Waals surface area contributed by atoms with Gasteiger partial charge in [-0.25, -0.2) is 17.2 Å². The largest absolute Gasteiger partial charge is 0.468 e. The van der Waals surface area contributed by atoms with E-state index in [9.17, 15) is 22.0 Å². The molecule has 2 rings (SSSR count). The summed E-state index contributed by atoms with van der Waals surface area (Å²) < 4.78 is 57.4. The molecule has 0 radical (unpaired) electrons. The molecule has 2 aromatic rings. The molecule has 0 fully saturated rings. The number of nitrogens with zero attached hydrogens (tertiary/aromatic N) is 4. The molecule has 0 aliphatic heterocycles. The summed E-state index contributed by atoms with van der Waals surface area (Å²) in [5, 5.41) is 7.35. The molecule has 0 saturated carbocycles. The molecular weight excluding hydrogens is 336 g/mol. The number of hydrogen-bond donors (Lipinski definition) is 1. The highest BCUT2D eigenvalue weighted by atomic mass is 32.2. The van der Waals surface area contributed by atoms with Crippen LogP contribution in [0.15, 0.2) is 29.7 Å². The van der Waals surface area contributed by atoms with Crippen molar-refractivity contribution in [2.45, 2.75) is 24.4 Å². The molecule has 9 nitrogen and oxygen atoms in total. The molecule has 23 heavy (non-hydrogen) atoms. The predicted octanol–water partition coefficient (Wildman–Crippen LogP) is 0.318. The Hall–Kier alpha value is -2.50. The van der Waals surface area contributed by atoms with Gasteiger partial charge in [0.2, 0.25) is 0 Å². The van der Waals surface area contributed by atoms with Crippen LogP contribution >= 0.6 is 0 Å². The van der Waals surface area contributed by atoms with E-state index in [-0.39, 0.29) is 17.1 Å². The Morgan fingerprint density at radius 3 is 2.65 bits per heavy atom. The van der Waals surface area contributed by atoms with Gasteiger partial charge in [-0.15, -0.1) is 0 Å². The van der Waals surface area contributed by atoms with E-state index in [1.807, 2.05) is 0 Å². The zero-order valence-corrected chi connectivity index (χ0v) is 12.7. The molecule has 126 valence electrons. The molecule has 0 spiro atoms. The second kappa shape index (κ2) is 6.73. The Bertz CT molecular complexity index is 786. The van der Waals surface area contributed by atoms with Crippen molar-refractivity contribution < 1.29 is 26.7 Å². The molecule has 0 atom stereocenters. The van der Waals surface area contributed by atoms with Gasteiger partial charge >= 0.3 is 5.97 Å². The number of methoxy groups -OCH3 is 1. The number of esters is 1. The van der Waals surface area contributed by atoms with E-state index in [0.29, 0.717) is 0 Å². The highest BCUT2D eigenvalue weighted by molar-refractivity contribution is 7.92. The van der Waals surface area contributed by atoms with E-state index in [1.165, 1.54) is 24.2 Å². The minimum Gasteiger partial charge on any atom is -0.468 e. The second-order valence-corrected chi connectivity index (χ2v) is 6.08. The maximum Gasteiger partial charge on any atom is 0.327 e. The van der Waals surface area contributed by atoms with E-state index >= 15 is 0 Å². The van der Waals surface area contributed by atoms with Crippen molar-refractivity contribution in [3.05, 3.63) is 24.8 Å². The molecule has 0 aliphatic rings. The summed E-state index contributed by atoms with van der Waals surface area (Å²) in [7, 11) is -2.78. The van der Waals surface area contributed by atoms with Crippen LogP contribution in [0.25, 0.3) is 0 Å². The number of carbonyl (C=O) groups is 1.